The highest BCUT2D eigenvalue weighted by molar-refractivity contribution is 7.26. The molecular formula is C41H26N4S. The standard InChI is InChI=1S/C41H26N4S/c1-4-12-28(13-5-1)39-42-40(29-14-6-2-7-15-29)44-41(43-39)30-22-20-27(21-23-30)31-24-25-33-35(26-31)45(32-16-8-3-9-17-32)37-34-18-10-11-19-36(34)46-38(33)37/h1-26H. The molecular weight excluding hydrogens is 581 g/mol. The van der Waals surface area contributed by atoms with Gasteiger partial charge >= 0.3 is 0 Å². The molecule has 46 heavy (non-hydrogen) atoms. The SMILES string of the molecule is c1ccc(-c2nc(-c3ccccc3)nc(-c3ccc(-c4ccc5c6sc7ccccc7c6n(-c6ccccc6)c5c4)cc3)n2)cc1. The fourth-order valence-corrected chi connectivity index (χ4v) is 7.46. The zero-order valence-corrected chi connectivity index (χ0v) is 25.5. The lowest BCUT2D eigenvalue weighted by atomic mass is 10.0. The molecule has 6 aromatic carbocycles. The number of hydrogen-bond donors (Lipinski definition) is 0. The van der Waals surface area contributed by atoms with Crippen molar-refractivity contribution in [3.63, 3.8) is 0 Å². The molecule has 0 saturated carbocycles. The van der Waals surface area contributed by atoms with Gasteiger partial charge in [-0.2, -0.15) is 0 Å². The summed E-state index contributed by atoms with van der Waals surface area (Å²) in [7, 11) is 0. The van der Waals surface area contributed by atoms with Crippen LogP contribution in [-0.4, -0.2) is 19.5 Å². The van der Waals surface area contributed by atoms with Gasteiger partial charge in [0.05, 0.1) is 15.7 Å². The molecule has 3 heterocycles. The van der Waals surface area contributed by atoms with E-state index in [-0.39, 0.29) is 0 Å². The van der Waals surface area contributed by atoms with E-state index in [4.69, 9.17) is 15.0 Å². The van der Waals surface area contributed by atoms with Gasteiger partial charge in [0.1, 0.15) is 0 Å². The van der Waals surface area contributed by atoms with Crippen molar-refractivity contribution in [3.8, 4) is 51.0 Å². The summed E-state index contributed by atoms with van der Waals surface area (Å²) in [5, 5.41) is 2.56. The molecule has 0 aliphatic heterocycles. The molecule has 0 fully saturated rings. The average Bonchev–Trinajstić information content (AvgIpc) is 3.67. The third kappa shape index (κ3) is 4.48. The Balaban J connectivity index is 1.16. The quantitative estimate of drug-likeness (QED) is 0.196. The van der Waals surface area contributed by atoms with E-state index in [0.29, 0.717) is 17.5 Å². The van der Waals surface area contributed by atoms with Crippen LogP contribution in [0.15, 0.2) is 158 Å². The Morgan fingerprint density at radius 3 is 1.54 bits per heavy atom. The van der Waals surface area contributed by atoms with Crippen molar-refractivity contribution >= 4 is 42.5 Å². The maximum absolute atomic E-state index is 4.91. The molecule has 3 aromatic heterocycles. The number of benzene rings is 6. The largest absolute Gasteiger partial charge is 0.308 e. The first-order valence-electron chi connectivity index (χ1n) is 15.3. The Morgan fingerprint density at radius 2 is 0.913 bits per heavy atom. The van der Waals surface area contributed by atoms with E-state index in [0.717, 1.165) is 33.5 Å². The van der Waals surface area contributed by atoms with Crippen LogP contribution < -0.4 is 0 Å². The first kappa shape index (κ1) is 26.5. The highest BCUT2D eigenvalue weighted by Gasteiger charge is 2.18. The summed E-state index contributed by atoms with van der Waals surface area (Å²) in [6.07, 6.45) is 0. The van der Waals surface area contributed by atoms with Crippen LogP contribution in [0.4, 0.5) is 0 Å². The first-order chi connectivity index (χ1) is 22.8. The smallest absolute Gasteiger partial charge is 0.164 e. The zero-order valence-electron chi connectivity index (χ0n) is 24.7. The van der Waals surface area contributed by atoms with E-state index in [1.54, 1.807) is 0 Å². The van der Waals surface area contributed by atoms with Gasteiger partial charge in [0.15, 0.2) is 17.5 Å². The molecule has 0 spiro atoms. The van der Waals surface area contributed by atoms with Gasteiger partial charge in [0, 0.05) is 37.9 Å². The lowest BCUT2D eigenvalue weighted by molar-refractivity contribution is 1.07. The van der Waals surface area contributed by atoms with Gasteiger partial charge in [0.2, 0.25) is 0 Å². The molecule has 9 rings (SSSR count). The van der Waals surface area contributed by atoms with Crippen molar-refractivity contribution in [2.24, 2.45) is 0 Å². The van der Waals surface area contributed by atoms with Crippen LogP contribution in [0.2, 0.25) is 0 Å². The minimum Gasteiger partial charge on any atom is -0.308 e. The van der Waals surface area contributed by atoms with Crippen LogP contribution >= 0.6 is 11.3 Å². The molecule has 0 N–H and O–H groups in total. The fraction of sp³-hybridized carbons (Fsp3) is 0. The van der Waals surface area contributed by atoms with Crippen molar-refractivity contribution in [1.29, 1.82) is 0 Å². The van der Waals surface area contributed by atoms with E-state index >= 15 is 0 Å². The van der Waals surface area contributed by atoms with Crippen molar-refractivity contribution in [2.45, 2.75) is 0 Å². The molecule has 0 amide bonds. The van der Waals surface area contributed by atoms with Crippen molar-refractivity contribution < 1.29 is 0 Å². The maximum atomic E-state index is 4.91. The predicted octanol–water partition coefficient (Wildman–Crippen LogP) is 10.9. The molecule has 4 nitrogen and oxygen atoms in total. The van der Waals surface area contributed by atoms with Crippen LogP contribution in [0.1, 0.15) is 0 Å². The zero-order chi connectivity index (χ0) is 30.5. The van der Waals surface area contributed by atoms with E-state index < -0.39 is 0 Å². The number of rotatable bonds is 5. The molecule has 0 unspecified atom stereocenters. The third-order valence-corrected chi connectivity index (χ3v) is 9.66. The first-order valence-corrected chi connectivity index (χ1v) is 16.1. The maximum Gasteiger partial charge on any atom is 0.164 e. The van der Waals surface area contributed by atoms with Crippen LogP contribution in [0.5, 0.6) is 0 Å². The molecule has 0 atom stereocenters. The summed E-state index contributed by atoms with van der Waals surface area (Å²) in [5.74, 6) is 1.97. The molecule has 0 saturated heterocycles. The van der Waals surface area contributed by atoms with Gasteiger partial charge in [0.25, 0.3) is 0 Å². The number of hydrogen-bond acceptors (Lipinski definition) is 4. The lowest BCUT2D eigenvalue weighted by Gasteiger charge is -2.10. The van der Waals surface area contributed by atoms with Gasteiger partial charge in [-0.25, -0.2) is 15.0 Å². The average molecular weight is 607 g/mol. The Bertz CT molecular complexity index is 2440. The van der Waals surface area contributed by atoms with Crippen LogP contribution in [-0.2, 0) is 0 Å². The Kier molecular flexibility index (Phi) is 6.28. The van der Waals surface area contributed by atoms with Crippen LogP contribution in [0.25, 0.3) is 82.2 Å². The minimum atomic E-state index is 0.653. The van der Waals surface area contributed by atoms with Gasteiger partial charge in [-0.3, -0.25) is 0 Å². The summed E-state index contributed by atoms with van der Waals surface area (Å²) < 4.78 is 5.05. The number of nitrogens with zero attached hydrogens (tertiary/aromatic N) is 4. The molecule has 9 aromatic rings. The van der Waals surface area contributed by atoms with Gasteiger partial charge in [-0.15, -0.1) is 11.3 Å². The molecule has 0 radical (unpaired) electrons. The molecule has 0 aliphatic rings. The van der Waals surface area contributed by atoms with Gasteiger partial charge in [-0.05, 0) is 35.4 Å². The van der Waals surface area contributed by atoms with Crippen molar-refractivity contribution in [2.75, 3.05) is 0 Å². The summed E-state index contributed by atoms with van der Waals surface area (Å²) in [4.78, 5) is 14.6. The molecule has 0 bridgehead atoms. The Morgan fingerprint density at radius 1 is 0.413 bits per heavy atom. The molecule has 5 heteroatoms. The topological polar surface area (TPSA) is 43.6 Å². The van der Waals surface area contributed by atoms with E-state index in [9.17, 15) is 0 Å². The second-order valence-electron chi connectivity index (χ2n) is 11.3. The summed E-state index contributed by atoms with van der Waals surface area (Å²) in [6.45, 7) is 0. The fourth-order valence-electron chi connectivity index (χ4n) is 6.24. The van der Waals surface area contributed by atoms with Crippen LogP contribution in [0.3, 0.4) is 0 Å². The van der Waals surface area contributed by atoms with Gasteiger partial charge < -0.3 is 4.57 Å². The lowest BCUT2D eigenvalue weighted by Crippen LogP contribution is -2.00. The molecule has 0 aliphatic carbocycles. The normalized spacial score (nSPS) is 11.5. The van der Waals surface area contributed by atoms with Crippen molar-refractivity contribution in [3.05, 3.63) is 158 Å². The monoisotopic (exact) mass is 606 g/mol. The summed E-state index contributed by atoms with van der Waals surface area (Å²) in [5.41, 5.74) is 8.81. The summed E-state index contributed by atoms with van der Waals surface area (Å²) >= 11 is 1.87. The number of thiophene rings is 1. The number of aromatic nitrogens is 4. The Labute approximate surface area is 269 Å². The summed E-state index contributed by atoms with van der Waals surface area (Å²) in [6, 6.07) is 54.9. The van der Waals surface area contributed by atoms with E-state index in [1.165, 1.54) is 31.2 Å². The van der Waals surface area contributed by atoms with Crippen LogP contribution in [0, 0.1) is 0 Å². The Hall–Kier alpha value is -5.91. The van der Waals surface area contributed by atoms with E-state index in [2.05, 4.69) is 102 Å². The highest BCUT2D eigenvalue weighted by Crippen LogP contribution is 2.43. The second kappa shape index (κ2) is 10.9. The minimum absolute atomic E-state index is 0.653. The van der Waals surface area contributed by atoms with E-state index in [1.807, 2.05) is 72.0 Å². The molecule has 216 valence electrons. The highest BCUT2D eigenvalue weighted by atomic mass is 32.1. The van der Waals surface area contributed by atoms with Crippen molar-refractivity contribution in [1.82, 2.24) is 19.5 Å². The van der Waals surface area contributed by atoms with Gasteiger partial charge in [-0.1, -0.05) is 133 Å². The third-order valence-electron chi connectivity index (χ3n) is 8.47. The number of para-hydroxylation sites is 1. The predicted molar refractivity (Wildman–Crippen MR) is 191 cm³/mol. The number of fused-ring (bicyclic) bond motifs is 5. The second-order valence-corrected chi connectivity index (χ2v) is 12.3.